The molecule has 0 saturated carbocycles. The van der Waals surface area contributed by atoms with E-state index in [0.717, 1.165) is 17.5 Å². The lowest BCUT2D eigenvalue weighted by molar-refractivity contribution is 0.0656. The molecule has 4 aromatic rings. The van der Waals surface area contributed by atoms with Gasteiger partial charge in [-0.05, 0) is 42.2 Å². The molecule has 0 unspecified atom stereocenters. The van der Waals surface area contributed by atoms with E-state index in [0.29, 0.717) is 35.8 Å². The van der Waals surface area contributed by atoms with Gasteiger partial charge in [0.15, 0.2) is 5.75 Å². The summed E-state index contributed by atoms with van der Waals surface area (Å²) in [4.78, 5) is 19.5. The molecule has 2 aromatic heterocycles. The smallest absolute Gasteiger partial charge is 0.255 e. The normalized spacial score (nSPS) is 13.7. The van der Waals surface area contributed by atoms with E-state index in [2.05, 4.69) is 4.98 Å². The largest absolute Gasteiger partial charge is 0.505 e. The van der Waals surface area contributed by atoms with Crippen LogP contribution in [0.3, 0.4) is 0 Å². The quantitative estimate of drug-likeness (QED) is 0.545. The number of aryl methyl sites for hydroxylation is 1. The molecule has 3 heterocycles. The Morgan fingerprint density at radius 3 is 2.53 bits per heavy atom. The molecule has 0 spiro atoms. The minimum absolute atomic E-state index is 0.112. The van der Waals surface area contributed by atoms with E-state index in [9.17, 15) is 19.4 Å². The van der Waals surface area contributed by atoms with E-state index in [-0.39, 0.29) is 34.3 Å². The third-order valence-corrected chi connectivity index (χ3v) is 5.77. The molecule has 0 radical (unpaired) electrons. The number of hydrogen-bond acceptors (Lipinski definition) is 4. The monoisotopic (exact) mass is 405 g/mol. The van der Waals surface area contributed by atoms with Crippen LogP contribution in [0.25, 0.3) is 21.7 Å². The van der Waals surface area contributed by atoms with Crippen molar-refractivity contribution in [2.75, 3.05) is 13.1 Å². The highest BCUT2D eigenvalue weighted by Gasteiger charge is 2.29. The molecule has 6 nitrogen and oxygen atoms in total. The van der Waals surface area contributed by atoms with E-state index in [1.165, 1.54) is 16.7 Å². The second kappa shape index (κ2) is 6.73. The molecule has 1 amide bonds. The van der Waals surface area contributed by atoms with Gasteiger partial charge in [0.1, 0.15) is 11.3 Å². The topological polar surface area (TPSA) is 78.6 Å². The number of nitrogens with zero attached hydrogens (tertiary/aromatic N) is 3. The Bertz CT molecular complexity index is 1310. The molecule has 152 valence electrons. The van der Waals surface area contributed by atoms with Crippen LogP contribution in [0.2, 0.25) is 0 Å². The summed E-state index contributed by atoms with van der Waals surface area (Å²) < 4.78 is 14.7. The van der Waals surface area contributed by atoms with Gasteiger partial charge in [-0.2, -0.15) is 0 Å². The predicted octanol–water partition coefficient (Wildman–Crippen LogP) is 3.71. The zero-order valence-electron chi connectivity index (χ0n) is 16.4. The van der Waals surface area contributed by atoms with Gasteiger partial charge in [0, 0.05) is 43.3 Å². The molecular formula is C23H20FN3O3. The lowest BCUT2D eigenvalue weighted by Gasteiger charge is -2.31. The second-order valence-corrected chi connectivity index (χ2v) is 7.76. The molecule has 1 aliphatic rings. The van der Waals surface area contributed by atoms with Crippen molar-refractivity contribution in [2.45, 2.75) is 12.8 Å². The summed E-state index contributed by atoms with van der Waals surface area (Å²) in [6.45, 7) is 1.37. The SMILES string of the molecule is Cn1cc2c(C(=O)N3CCC3)c3cc(Cc4ccc(F)cc4)cnc3c(O)c2c1O. The number of rotatable bonds is 3. The van der Waals surface area contributed by atoms with E-state index in [1.54, 1.807) is 36.5 Å². The number of halogens is 1. The summed E-state index contributed by atoms with van der Waals surface area (Å²) in [6, 6.07) is 8.08. The molecule has 5 rings (SSSR count). The number of aromatic nitrogens is 2. The second-order valence-electron chi connectivity index (χ2n) is 7.76. The molecule has 0 bridgehead atoms. The Morgan fingerprint density at radius 2 is 1.87 bits per heavy atom. The highest BCUT2D eigenvalue weighted by Crippen LogP contribution is 2.42. The molecule has 7 heteroatoms. The Kier molecular flexibility index (Phi) is 4.13. The molecule has 2 aromatic carbocycles. The van der Waals surface area contributed by atoms with Crippen molar-refractivity contribution in [2.24, 2.45) is 7.05 Å². The number of aromatic hydroxyl groups is 2. The number of phenols is 1. The summed E-state index contributed by atoms with van der Waals surface area (Å²) in [5.74, 6) is -0.692. The number of carbonyl (C=O) groups is 1. The fourth-order valence-electron chi connectivity index (χ4n) is 4.03. The molecule has 1 fully saturated rings. The van der Waals surface area contributed by atoms with Crippen molar-refractivity contribution in [3.63, 3.8) is 0 Å². The Balaban J connectivity index is 1.74. The molecule has 1 saturated heterocycles. The lowest BCUT2D eigenvalue weighted by atomic mass is 9.96. The minimum atomic E-state index is -0.297. The minimum Gasteiger partial charge on any atom is -0.505 e. The molecular weight excluding hydrogens is 385 g/mol. The maximum atomic E-state index is 13.3. The Labute approximate surface area is 171 Å². The lowest BCUT2D eigenvalue weighted by Crippen LogP contribution is -2.42. The maximum absolute atomic E-state index is 13.3. The van der Waals surface area contributed by atoms with E-state index < -0.39 is 0 Å². The van der Waals surface area contributed by atoms with Crippen LogP contribution >= 0.6 is 0 Å². The first kappa shape index (κ1) is 18.4. The predicted molar refractivity (Wildman–Crippen MR) is 111 cm³/mol. The molecule has 30 heavy (non-hydrogen) atoms. The highest BCUT2D eigenvalue weighted by molar-refractivity contribution is 6.21. The van der Waals surface area contributed by atoms with Crippen molar-refractivity contribution in [1.29, 1.82) is 0 Å². The molecule has 0 atom stereocenters. The van der Waals surface area contributed by atoms with Gasteiger partial charge in [-0.1, -0.05) is 12.1 Å². The van der Waals surface area contributed by atoms with Crippen molar-refractivity contribution in [3.8, 4) is 11.6 Å². The Morgan fingerprint density at radius 1 is 1.13 bits per heavy atom. The van der Waals surface area contributed by atoms with Gasteiger partial charge in [0.25, 0.3) is 5.91 Å². The van der Waals surface area contributed by atoms with Gasteiger partial charge >= 0.3 is 0 Å². The Hall–Kier alpha value is -3.61. The maximum Gasteiger partial charge on any atom is 0.255 e. The number of pyridine rings is 1. The first-order valence-electron chi connectivity index (χ1n) is 9.79. The number of benzene rings is 2. The third-order valence-electron chi connectivity index (χ3n) is 5.77. The number of hydrogen-bond donors (Lipinski definition) is 2. The first-order chi connectivity index (χ1) is 14.4. The number of carbonyl (C=O) groups excluding carboxylic acids is 1. The third kappa shape index (κ3) is 2.77. The summed E-state index contributed by atoms with van der Waals surface area (Å²) >= 11 is 0. The van der Waals surface area contributed by atoms with Crippen LogP contribution < -0.4 is 0 Å². The fourth-order valence-corrected chi connectivity index (χ4v) is 4.03. The average molecular weight is 405 g/mol. The number of likely N-dealkylation sites (tertiary alicyclic amines) is 1. The van der Waals surface area contributed by atoms with Crippen molar-refractivity contribution >= 4 is 27.6 Å². The van der Waals surface area contributed by atoms with Gasteiger partial charge in [-0.25, -0.2) is 4.39 Å². The van der Waals surface area contributed by atoms with Crippen LogP contribution in [0.1, 0.15) is 27.9 Å². The van der Waals surface area contributed by atoms with E-state index >= 15 is 0 Å². The summed E-state index contributed by atoms with van der Waals surface area (Å²) in [5, 5.41) is 22.5. The summed E-state index contributed by atoms with van der Waals surface area (Å²) in [7, 11) is 1.66. The van der Waals surface area contributed by atoms with Crippen LogP contribution in [0, 0.1) is 5.82 Å². The number of phenolic OH excluding ortho intramolecular Hbond substituents is 1. The molecule has 1 aliphatic heterocycles. The van der Waals surface area contributed by atoms with Crippen molar-refractivity contribution in [3.05, 3.63) is 65.2 Å². The zero-order chi connectivity index (χ0) is 21.0. The average Bonchev–Trinajstić information content (AvgIpc) is 2.97. The van der Waals surface area contributed by atoms with E-state index in [4.69, 9.17) is 0 Å². The fraction of sp³-hybridized carbons (Fsp3) is 0.217. The van der Waals surface area contributed by atoms with Gasteiger partial charge in [-0.3, -0.25) is 9.78 Å². The van der Waals surface area contributed by atoms with Crippen LogP contribution in [0.15, 0.2) is 42.7 Å². The number of fused-ring (bicyclic) bond motifs is 2. The standard InChI is InChI=1S/C23H20FN3O3/c1-26-12-17-18(23(30)27-7-2-8-27)16-10-14(9-13-3-5-15(24)6-4-13)11-25-20(16)21(28)19(17)22(26)29/h3-6,10-12,28-29H,2,7-9H2,1H3. The van der Waals surface area contributed by atoms with Crippen molar-refractivity contribution in [1.82, 2.24) is 14.5 Å². The van der Waals surface area contributed by atoms with Gasteiger partial charge in [0.05, 0.1) is 10.9 Å². The van der Waals surface area contributed by atoms with Gasteiger partial charge in [-0.15, -0.1) is 0 Å². The first-order valence-corrected chi connectivity index (χ1v) is 9.79. The summed E-state index contributed by atoms with van der Waals surface area (Å²) in [5.41, 5.74) is 2.46. The molecule has 0 aliphatic carbocycles. The highest BCUT2D eigenvalue weighted by atomic mass is 19.1. The van der Waals surface area contributed by atoms with Crippen LogP contribution in [-0.4, -0.2) is 43.7 Å². The van der Waals surface area contributed by atoms with Crippen molar-refractivity contribution < 1.29 is 19.4 Å². The van der Waals surface area contributed by atoms with Gasteiger partial charge in [0.2, 0.25) is 5.88 Å². The van der Waals surface area contributed by atoms with Gasteiger partial charge < -0.3 is 19.7 Å². The van der Waals surface area contributed by atoms with Crippen LogP contribution in [-0.2, 0) is 13.5 Å². The zero-order valence-corrected chi connectivity index (χ0v) is 16.4. The molecule has 2 N–H and O–H groups in total. The van der Waals surface area contributed by atoms with Crippen LogP contribution in [0.4, 0.5) is 4.39 Å². The summed E-state index contributed by atoms with van der Waals surface area (Å²) in [6.07, 6.45) is 4.76. The van der Waals surface area contributed by atoms with E-state index in [1.807, 2.05) is 6.07 Å². The van der Waals surface area contributed by atoms with Crippen LogP contribution in [0.5, 0.6) is 11.6 Å². The number of amides is 1.